The zero-order chi connectivity index (χ0) is 19.0. The number of carbonyl (C=O) groups excluding carboxylic acids is 2. The van der Waals surface area contributed by atoms with Gasteiger partial charge in [-0.05, 0) is 68.2 Å². The van der Waals surface area contributed by atoms with Crippen molar-refractivity contribution in [3.05, 3.63) is 34.9 Å². The molecule has 4 unspecified atom stereocenters. The number of likely N-dealkylation sites (tertiary alicyclic amines) is 1. The van der Waals surface area contributed by atoms with Gasteiger partial charge in [-0.1, -0.05) is 24.4 Å². The van der Waals surface area contributed by atoms with E-state index in [-0.39, 0.29) is 36.3 Å². The molecule has 2 saturated carbocycles. The molecule has 5 nitrogen and oxygen atoms in total. The van der Waals surface area contributed by atoms with Crippen LogP contribution in [0.3, 0.4) is 0 Å². The molecule has 1 aliphatic heterocycles. The summed E-state index contributed by atoms with van der Waals surface area (Å²) in [6.07, 6.45) is 7.46. The lowest BCUT2D eigenvalue weighted by Gasteiger charge is -2.33. The Bertz CT molecular complexity index is 708. The van der Waals surface area contributed by atoms with Gasteiger partial charge in [-0.25, -0.2) is 0 Å². The van der Waals surface area contributed by atoms with Crippen LogP contribution in [-0.2, 0) is 4.79 Å². The van der Waals surface area contributed by atoms with Crippen molar-refractivity contribution in [3.8, 4) is 0 Å². The van der Waals surface area contributed by atoms with Crippen molar-refractivity contribution in [1.29, 1.82) is 0 Å². The molecule has 4 rings (SSSR count). The number of benzene rings is 1. The lowest BCUT2D eigenvalue weighted by atomic mass is 9.84. The summed E-state index contributed by atoms with van der Waals surface area (Å²) in [5.74, 6) is 0.849. The van der Waals surface area contributed by atoms with Crippen molar-refractivity contribution in [2.75, 3.05) is 6.54 Å². The van der Waals surface area contributed by atoms with E-state index in [1.165, 1.54) is 6.42 Å². The lowest BCUT2D eigenvalue weighted by Crippen LogP contribution is -2.51. The van der Waals surface area contributed by atoms with E-state index >= 15 is 0 Å². The second-order valence-electron chi connectivity index (χ2n) is 8.33. The highest BCUT2D eigenvalue weighted by atomic mass is 35.5. The highest BCUT2D eigenvalue weighted by molar-refractivity contribution is 6.30. The van der Waals surface area contributed by atoms with E-state index in [2.05, 4.69) is 5.32 Å². The summed E-state index contributed by atoms with van der Waals surface area (Å²) in [5.41, 5.74) is 6.73. The molecule has 0 spiro atoms. The molecule has 1 heterocycles. The molecular weight excluding hydrogens is 397 g/mol. The van der Waals surface area contributed by atoms with Gasteiger partial charge >= 0.3 is 0 Å². The van der Waals surface area contributed by atoms with Crippen LogP contribution in [0.2, 0.25) is 5.02 Å². The molecule has 1 aromatic carbocycles. The number of halogens is 2. The normalized spacial score (nSPS) is 27.5. The van der Waals surface area contributed by atoms with Crippen LogP contribution in [0.4, 0.5) is 0 Å². The fourth-order valence-corrected chi connectivity index (χ4v) is 4.88. The van der Waals surface area contributed by atoms with Gasteiger partial charge in [0.15, 0.2) is 0 Å². The third-order valence-corrected chi connectivity index (χ3v) is 6.71. The van der Waals surface area contributed by atoms with E-state index in [0.717, 1.165) is 38.5 Å². The molecule has 4 atom stereocenters. The van der Waals surface area contributed by atoms with Crippen molar-refractivity contribution in [1.82, 2.24) is 10.2 Å². The maximum absolute atomic E-state index is 13.3. The highest BCUT2D eigenvalue weighted by Crippen LogP contribution is 2.40. The first-order valence-corrected chi connectivity index (χ1v) is 10.5. The summed E-state index contributed by atoms with van der Waals surface area (Å²) >= 11 is 5.97. The Hall–Kier alpha value is -1.30. The van der Waals surface area contributed by atoms with Crippen LogP contribution in [-0.4, -0.2) is 41.4 Å². The molecular formula is C21H29Cl2N3O2. The summed E-state index contributed by atoms with van der Waals surface area (Å²) in [6.45, 7) is 0.498. The maximum Gasteiger partial charge on any atom is 0.254 e. The average Bonchev–Trinajstić information content (AvgIpc) is 3.46. The Morgan fingerprint density at radius 1 is 1.14 bits per heavy atom. The minimum absolute atomic E-state index is 0. The monoisotopic (exact) mass is 425 g/mol. The van der Waals surface area contributed by atoms with Gasteiger partial charge in [0.25, 0.3) is 5.91 Å². The fraction of sp³-hybridized carbons (Fsp3) is 0.619. The first-order chi connectivity index (χ1) is 13.0. The molecule has 3 aliphatic rings. The molecule has 1 saturated heterocycles. The average molecular weight is 426 g/mol. The number of carbonyl (C=O) groups is 2. The Morgan fingerprint density at radius 2 is 1.82 bits per heavy atom. The minimum Gasteiger partial charge on any atom is -0.353 e. The van der Waals surface area contributed by atoms with Crippen LogP contribution in [0.1, 0.15) is 55.3 Å². The van der Waals surface area contributed by atoms with Crippen LogP contribution >= 0.6 is 24.0 Å². The first-order valence-electron chi connectivity index (χ1n) is 10.2. The van der Waals surface area contributed by atoms with Gasteiger partial charge in [-0.2, -0.15) is 0 Å². The van der Waals surface area contributed by atoms with Gasteiger partial charge in [0.2, 0.25) is 5.91 Å². The summed E-state index contributed by atoms with van der Waals surface area (Å²) in [4.78, 5) is 28.1. The number of fused-ring (bicyclic) bond motifs is 1. The van der Waals surface area contributed by atoms with E-state index in [9.17, 15) is 9.59 Å². The van der Waals surface area contributed by atoms with Crippen molar-refractivity contribution < 1.29 is 9.59 Å². The lowest BCUT2D eigenvalue weighted by molar-refractivity contribution is -0.125. The van der Waals surface area contributed by atoms with Crippen LogP contribution in [0.25, 0.3) is 0 Å². The third-order valence-electron chi connectivity index (χ3n) is 6.46. The zero-order valence-corrected chi connectivity index (χ0v) is 17.6. The Labute approximate surface area is 177 Å². The second kappa shape index (κ2) is 9.02. The molecule has 0 radical (unpaired) electrons. The molecule has 3 N–H and O–H groups in total. The van der Waals surface area contributed by atoms with Gasteiger partial charge in [0, 0.05) is 29.2 Å². The van der Waals surface area contributed by atoms with Crippen molar-refractivity contribution >= 4 is 35.8 Å². The molecule has 0 bridgehead atoms. The fourth-order valence-electron chi connectivity index (χ4n) is 4.76. The Morgan fingerprint density at radius 3 is 2.50 bits per heavy atom. The Balaban J connectivity index is 0.00000225. The molecule has 1 aromatic rings. The number of rotatable bonds is 5. The predicted octanol–water partition coefficient (Wildman–Crippen LogP) is 3.39. The Kier molecular flexibility index (Phi) is 6.89. The largest absolute Gasteiger partial charge is 0.353 e. The van der Waals surface area contributed by atoms with Gasteiger partial charge in [-0.3, -0.25) is 9.59 Å². The quantitative estimate of drug-likeness (QED) is 0.758. The summed E-state index contributed by atoms with van der Waals surface area (Å²) in [5, 5.41) is 3.63. The van der Waals surface area contributed by atoms with Gasteiger partial charge in [0.1, 0.15) is 6.04 Å². The van der Waals surface area contributed by atoms with Crippen molar-refractivity contribution in [2.45, 2.75) is 63.1 Å². The van der Waals surface area contributed by atoms with Crippen LogP contribution in [0.15, 0.2) is 24.3 Å². The van der Waals surface area contributed by atoms with E-state index in [0.29, 0.717) is 29.0 Å². The van der Waals surface area contributed by atoms with Crippen molar-refractivity contribution in [2.24, 2.45) is 17.6 Å². The van der Waals surface area contributed by atoms with E-state index in [1.54, 1.807) is 24.3 Å². The standard InChI is InChI=1S/C21H28ClN3O2.ClH/c22-16-9-7-14(8-10-16)21(27)25-18-4-2-1-3-15(18)11-19(25)20(26)24-12-17(23)13-5-6-13;/h7-10,13,15,17-19H,1-6,11-12,23H2,(H,24,26);1H. The predicted molar refractivity (Wildman–Crippen MR) is 113 cm³/mol. The highest BCUT2D eigenvalue weighted by Gasteiger charge is 2.47. The molecule has 154 valence electrons. The zero-order valence-electron chi connectivity index (χ0n) is 16.0. The molecule has 2 amide bonds. The number of nitrogens with two attached hydrogens (primary N) is 1. The number of amides is 2. The molecule has 28 heavy (non-hydrogen) atoms. The summed E-state index contributed by atoms with van der Waals surface area (Å²) in [6, 6.07) is 6.75. The van der Waals surface area contributed by atoms with Gasteiger partial charge in [0.05, 0.1) is 0 Å². The third kappa shape index (κ3) is 4.47. The van der Waals surface area contributed by atoms with Gasteiger partial charge in [-0.15, -0.1) is 12.4 Å². The topological polar surface area (TPSA) is 75.4 Å². The second-order valence-corrected chi connectivity index (χ2v) is 8.77. The van der Waals surface area contributed by atoms with Crippen LogP contribution in [0.5, 0.6) is 0 Å². The number of nitrogens with zero attached hydrogens (tertiary/aromatic N) is 1. The molecule has 2 aliphatic carbocycles. The molecule has 3 fully saturated rings. The number of nitrogens with one attached hydrogen (secondary N) is 1. The number of hydrogen-bond donors (Lipinski definition) is 2. The number of hydrogen-bond acceptors (Lipinski definition) is 3. The van der Waals surface area contributed by atoms with Crippen LogP contribution < -0.4 is 11.1 Å². The van der Waals surface area contributed by atoms with E-state index in [4.69, 9.17) is 17.3 Å². The minimum atomic E-state index is -0.396. The molecule has 7 heteroatoms. The summed E-state index contributed by atoms with van der Waals surface area (Å²) in [7, 11) is 0. The van der Waals surface area contributed by atoms with E-state index < -0.39 is 6.04 Å². The van der Waals surface area contributed by atoms with E-state index in [1.807, 2.05) is 4.90 Å². The molecule has 0 aromatic heterocycles. The smallest absolute Gasteiger partial charge is 0.254 e. The first kappa shape index (κ1) is 21.4. The maximum atomic E-state index is 13.3. The van der Waals surface area contributed by atoms with Crippen molar-refractivity contribution in [3.63, 3.8) is 0 Å². The van der Waals surface area contributed by atoms with Gasteiger partial charge < -0.3 is 16.0 Å². The summed E-state index contributed by atoms with van der Waals surface area (Å²) < 4.78 is 0. The SMILES string of the molecule is Cl.NC(CNC(=O)C1CC2CCCCC2N1C(=O)c1ccc(Cl)cc1)C1CC1. The van der Waals surface area contributed by atoms with Crippen LogP contribution in [0, 0.1) is 11.8 Å².